The SMILES string of the molecule is CCCCCCN(CCCCCC)CCCOC(=O)c1ccc(O)cc1. The van der Waals surface area contributed by atoms with Crippen molar-refractivity contribution in [2.24, 2.45) is 0 Å². The molecule has 4 nitrogen and oxygen atoms in total. The van der Waals surface area contributed by atoms with Gasteiger partial charge in [0.1, 0.15) is 5.75 Å². The molecule has 0 bridgehead atoms. The highest BCUT2D eigenvalue weighted by molar-refractivity contribution is 5.89. The molecule has 0 saturated heterocycles. The summed E-state index contributed by atoms with van der Waals surface area (Å²) in [5.74, 6) is -0.161. The fourth-order valence-electron chi connectivity index (χ4n) is 2.99. The van der Waals surface area contributed by atoms with Crippen molar-refractivity contribution in [3.63, 3.8) is 0 Å². The number of carbonyl (C=O) groups is 1. The van der Waals surface area contributed by atoms with Crippen molar-refractivity contribution in [1.29, 1.82) is 0 Å². The van der Waals surface area contributed by atoms with Crippen molar-refractivity contribution in [3.05, 3.63) is 29.8 Å². The fraction of sp³-hybridized carbons (Fsp3) is 0.682. The van der Waals surface area contributed by atoms with Gasteiger partial charge in [0.05, 0.1) is 12.2 Å². The highest BCUT2D eigenvalue weighted by Gasteiger charge is 2.08. The van der Waals surface area contributed by atoms with E-state index < -0.39 is 0 Å². The van der Waals surface area contributed by atoms with E-state index in [2.05, 4.69) is 18.7 Å². The molecule has 0 radical (unpaired) electrons. The van der Waals surface area contributed by atoms with Gasteiger partial charge in [-0.1, -0.05) is 52.4 Å². The van der Waals surface area contributed by atoms with Gasteiger partial charge >= 0.3 is 5.97 Å². The number of carbonyl (C=O) groups excluding carboxylic acids is 1. The number of unbranched alkanes of at least 4 members (excludes halogenated alkanes) is 6. The monoisotopic (exact) mass is 363 g/mol. The standard InChI is InChI=1S/C22H37NO3/c1-3-5-7-9-16-23(17-10-8-6-4-2)18-11-19-26-22(25)20-12-14-21(24)15-13-20/h12-15,24H,3-11,16-19H2,1-2H3. The maximum absolute atomic E-state index is 12.0. The van der Waals surface area contributed by atoms with Gasteiger partial charge in [0, 0.05) is 6.54 Å². The quantitative estimate of drug-likeness (QED) is 0.335. The molecular formula is C22H37NO3. The Balaban J connectivity index is 2.27. The average molecular weight is 364 g/mol. The molecule has 0 heterocycles. The summed E-state index contributed by atoms with van der Waals surface area (Å²) in [7, 11) is 0. The lowest BCUT2D eigenvalue weighted by Crippen LogP contribution is -2.28. The summed E-state index contributed by atoms with van der Waals surface area (Å²) in [6.45, 7) is 8.22. The number of rotatable bonds is 15. The molecular weight excluding hydrogens is 326 g/mol. The van der Waals surface area contributed by atoms with Gasteiger partial charge in [-0.15, -0.1) is 0 Å². The van der Waals surface area contributed by atoms with Crippen LogP contribution in [0.5, 0.6) is 5.75 Å². The third-order valence-corrected chi connectivity index (χ3v) is 4.61. The Hall–Kier alpha value is -1.55. The molecule has 0 aliphatic heterocycles. The Morgan fingerprint density at radius 3 is 1.92 bits per heavy atom. The van der Waals surface area contributed by atoms with Crippen molar-refractivity contribution in [2.45, 2.75) is 71.6 Å². The molecule has 0 amide bonds. The van der Waals surface area contributed by atoms with Gasteiger partial charge < -0.3 is 14.7 Å². The maximum Gasteiger partial charge on any atom is 0.338 e. The zero-order chi connectivity index (χ0) is 19.0. The zero-order valence-electron chi connectivity index (χ0n) is 16.7. The summed E-state index contributed by atoms with van der Waals surface area (Å²) in [5, 5.41) is 9.26. The summed E-state index contributed by atoms with van der Waals surface area (Å²) in [6, 6.07) is 6.19. The second-order valence-corrected chi connectivity index (χ2v) is 7.00. The third kappa shape index (κ3) is 10.4. The van der Waals surface area contributed by atoms with Crippen LogP contribution < -0.4 is 0 Å². The summed E-state index contributed by atoms with van der Waals surface area (Å²) in [4.78, 5) is 14.5. The number of nitrogens with zero attached hydrogens (tertiary/aromatic N) is 1. The molecule has 0 unspecified atom stereocenters. The van der Waals surface area contributed by atoms with Crippen LogP contribution in [0.25, 0.3) is 0 Å². The van der Waals surface area contributed by atoms with Gasteiger partial charge in [-0.3, -0.25) is 0 Å². The van der Waals surface area contributed by atoms with E-state index in [1.54, 1.807) is 12.1 Å². The maximum atomic E-state index is 12.0. The third-order valence-electron chi connectivity index (χ3n) is 4.61. The topological polar surface area (TPSA) is 49.8 Å². The molecule has 1 aromatic rings. The van der Waals surface area contributed by atoms with E-state index in [0.29, 0.717) is 12.2 Å². The number of hydrogen-bond acceptors (Lipinski definition) is 4. The Morgan fingerprint density at radius 1 is 0.846 bits per heavy atom. The second-order valence-electron chi connectivity index (χ2n) is 7.00. The molecule has 0 fully saturated rings. The van der Waals surface area contributed by atoms with Crippen molar-refractivity contribution in [1.82, 2.24) is 4.90 Å². The van der Waals surface area contributed by atoms with E-state index in [0.717, 1.165) is 26.1 Å². The zero-order valence-corrected chi connectivity index (χ0v) is 16.7. The summed E-state index contributed by atoms with van der Waals surface area (Å²) >= 11 is 0. The normalized spacial score (nSPS) is 11.0. The van der Waals surface area contributed by atoms with Crippen LogP contribution in [-0.4, -0.2) is 42.2 Å². The van der Waals surface area contributed by atoms with Gasteiger partial charge in [-0.2, -0.15) is 0 Å². The van der Waals surface area contributed by atoms with Crippen LogP contribution in [0.4, 0.5) is 0 Å². The van der Waals surface area contributed by atoms with Crippen molar-refractivity contribution >= 4 is 5.97 Å². The number of esters is 1. The van der Waals surface area contributed by atoms with Crippen molar-refractivity contribution in [2.75, 3.05) is 26.2 Å². The van der Waals surface area contributed by atoms with Crippen LogP contribution in [0.3, 0.4) is 0 Å². The van der Waals surface area contributed by atoms with E-state index in [4.69, 9.17) is 4.74 Å². The van der Waals surface area contributed by atoms with Crippen LogP contribution in [0.15, 0.2) is 24.3 Å². The Kier molecular flexibility index (Phi) is 12.6. The predicted octanol–water partition coefficient (Wildman–Crippen LogP) is 5.40. The molecule has 0 aromatic heterocycles. The molecule has 0 saturated carbocycles. The second kappa shape index (κ2) is 14.6. The minimum atomic E-state index is -0.317. The van der Waals surface area contributed by atoms with Crippen LogP contribution in [0.2, 0.25) is 0 Å². The first-order chi connectivity index (χ1) is 12.7. The minimum Gasteiger partial charge on any atom is -0.508 e. The first-order valence-corrected chi connectivity index (χ1v) is 10.4. The molecule has 148 valence electrons. The lowest BCUT2D eigenvalue weighted by molar-refractivity contribution is 0.0487. The summed E-state index contributed by atoms with van der Waals surface area (Å²) < 4.78 is 5.36. The van der Waals surface area contributed by atoms with Crippen molar-refractivity contribution in [3.8, 4) is 5.75 Å². The van der Waals surface area contributed by atoms with Crippen LogP contribution >= 0.6 is 0 Å². The lowest BCUT2D eigenvalue weighted by Gasteiger charge is -2.22. The predicted molar refractivity (Wildman–Crippen MR) is 108 cm³/mol. The number of phenols is 1. The smallest absolute Gasteiger partial charge is 0.338 e. The highest BCUT2D eigenvalue weighted by atomic mass is 16.5. The average Bonchev–Trinajstić information content (AvgIpc) is 2.65. The number of ether oxygens (including phenoxy) is 1. The largest absolute Gasteiger partial charge is 0.508 e. The van der Waals surface area contributed by atoms with E-state index >= 15 is 0 Å². The molecule has 0 spiro atoms. The lowest BCUT2D eigenvalue weighted by atomic mass is 10.1. The van der Waals surface area contributed by atoms with Crippen molar-refractivity contribution < 1.29 is 14.6 Å². The Bertz CT molecular complexity index is 461. The molecule has 26 heavy (non-hydrogen) atoms. The Morgan fingerprint density at radius 2 is 1.38 bits per heavy atom. The van der Waals surface area contributed by atoms with E-state index in [9.17, 15) is 9.90 Å². The summed E-state index contributed by atoms with van der Waals surface area (Å²) in [5.41, 5.74) is 0.485. The van der Waals surface area contributed by atoms with Crippen LogP contribution in [0.1, 0.15) is 82.0 Å². The molecule has 0 aliphatic rings. The van der Waals surface area contributed by atoms with Crippen LogP contribution in [-0.2, 0) is 4.74 Å². The Labute approximate surface area is 159 Å². The first kappa shape index (κ1) is 22.5. The molecule has 0 aliphatic carbocycles. The summed E-state index contributed by atoms with van der Waals surface area (Å²) in [6.07, 6.45) is 11.2. The minimum absolute atomic E-state index is 0.156. The molecule has 4 heteroatoms. The molecule has 1 aromatic carbocycles. The number of aromatic hydroxyl groups is 1. The first-order valence-electron chi connectivity index (χ1n) is 10.4. The van der Waals surface area contributed by atoms with E-state index in [1.165, 1.54) is 63.5 Å². The van der Waals surface area contributed by atoms with Gasteiger partial charge in [0.25, 0.3) is 0 Å². The molecule has 1 rings (SSSR count). The van der Waals surface area contributed by atoms with E-state index in [1.807, 2.05) is 0 Å². The van der Waals surface area contributed by atoms with Gasteiger partial charge in [0.2, 0.25) is 0 Å². The molecule has 0 atom stereocenters. The van der Waals surface area contributed by atoms with Gasteiger partial charge in [-0.25, -0.2) is 4.79 Å². The van der Waals surface area contributed by atoms with Crippen LogP contribution in [0, 0.1) is 0 Å². The number of phenolic OH excluding ortho intramolecular Hbond substituents is 1. The van der Waals surface area contributed by atoms with E-state index in [-0.39, 0.29) is 11.7 Å². The van der Waals surface area contributed by atoms with Gasteiger partial charge in [0.15, 0.2) is 0 Å². The fourth-order valence-corrected chi connectivity index (χ4v) is 2.99. The highest BCUT2D eigenvalue weighted by Crippen LogP contribution is 2.11. The number of benzene rings is 1. The van der Waals surface area contributed by atoms with Gasteiger partial charge in [-0.05, 0) is 56.6 Å². The number of hydrogen-bond donors (Lipinski definition) is 1. The molecule has 1 N–H and O–H groups in total.